The largest absolute Gasteiger partial charge is 0.405 e. The van der Waals surface area contributed by atoms with Gasteiger partial charge in [-0.25, -0.2) is 0 Å². The smallest absolute Gasteiger partial charge is 0.193 e. The van der Waals surface area contributed by atoms with Crippen molar-refractivity contribution in [3.63, 3.8) is 0 Å². The van der Waals surface area contributed by atoms with Crippen LogP contribution in [0.1, 0.15) is 53.5 Å². The fraction of sp³-hybridized carbons (Fsp3) is 0.652. The molecule has 0 aliphatic carbocycles. The highest BCUT2D eigenvalue weighted by Gasteiger charge is 2.47. The van der Waals surface area contributed by atoms with Crippen LogP contribution in [0.4, 0.5) is 0 Å². The van der Waals surface area contributed by atoms with E-state index in [1.807, 2.05) is 0 Å². The van der Waals surface area contributed by atoms with E-state index in [2.05, 4.69) is 91.0 Å². The van der Waals surface area contributed by atoms with E-state index < -0.39 is 13.9 Å². The SMILES string of the molecule is C/C=C(\C)C(C)(O[Si](C)(C)C(C)(C)C)[C@H](CCc1ccccc1)OCOC. The van der Waals surface area contributed by atoms with Crippen LogP contribution in [-0.2, 0) is 20.3 Å². The summed E-state index contributed by atoms with van der Waals surface area (Å²) >= 11 is 0. The predicted molar refractivity (Wildman–Crippen MR) is 118 cm³/mol. The Kier molecular flexibility index (Phi) is 8.94. The van der Waals surface area contributed by atoms with Crippen LogP contribution < -0.4 is 0 Å². The summed E-state index contributed by atoms with van der Waals surface area (Å²) in [6.45, 7) is 18.1. The average molecular weight is 393 g/mol. The Morgan fingerprint density at radius 3 is 2.19 bits per heavy atom. The molecule has 0 N–H and O–H groups in total. The summed E-state index contributed by atoms with van der Waals surface area (Å²) in [6.07, 6.45) is 3.90. The van der Waals surface area contributed by atoms with Crippen molar-refractivity contribution in [3.8, 4) is 0 Å². The molecule has 0 aliphatic heterocycles. The maximum Gasteiger partial charge on any atom is 0.193 e. The summed E-state index contributed by atoms with van der Waals surface area (Å²) in [7, 11) is -0.322. The van der Waals surface area contributed by atoms with Gasteiger partial charge in [0, 0.05) is 7.11 Å². The van der Waals surface area contributed by atoms with Gasteiger partial charge in [-0.15, -0.1) is 0 Å². The number of ether oxygens (including phenoxy) is 2. The quantitative estimate of drug-likeness (QED) is 0.263. The Morgan fingerprint density at radius 1 is 1.11 bits per heavy atom. The van der Waals surface area contributed by atoms with E-state index in [0.29, 0.717) is 0 Å². The van der Waals surface area contributed by atoms with Crippen molar-refractivity contribution in [2.45, 2.75) is 84.2 Å². The van der Waals surface area contributed by atoms with Gasteiger partial charge in [0.1, 0.15) is 12.4 Å². The predicted octanol–water partition coefficient (Wildman–Crippen LogP) is 6.36. The van der Waals surface area contributed by atoms with Crippen molar-refractivity contribution in [1.29, 1.82) is 0 Å². The first-order valence-electron chi connectivity index (χ1n) is 9.96. The van der Waals surface area contributed by atoms with Crippen LogP contribution in [0.15, 0.2) is 42.0 Å². The molecule has 1 aromatic rings. The molecule has 3 nitrogen and oxygen atoms in total. The molecule has 2 atom stereocenters. The molecule has 4 heteroatoms. The van der Waals surface area contributed by atoms with Gasteiger partial charge in [0.05, 0.1) is 6.10 Å². The van der Waals surface area contributed by atoms with Crippen LogP contribution >= 0.6 is 0 Å². The lowest BCUT2D eigenvalue weighted by Crippen LogP contribution is -2.55. The Labute approximate surface area is 168 Å². The number of rotatable bonds is 10. The van der Waals surface area contributed by atoms with E-state index in [4.69, 9.17) is 13.9 Å². The zero-order chi connectivity index (χ0) is 20.7. The van der Waals surface area contributed by atoms with Crippen molar-refractivity contribution < 1.29 is 13.9 Å². The van der Waals surface area contributed by atoms with Crippen LogP contribution in [0.3, 0.4) is 0 Å². The highest BCUT2D eigenvalue weighted by Crippen LogP contribution is 2.43. The second-order valence-corrected chi connectivity index (χ2v) is 13.8. The molecule has 1 aromatic carbocycles. The molecule has 0 saturated heterocycles. The van der Waals surface area contributed by atoms with Crippen molar-refractivity contribution in [2.75, 3.05) is 13.9 Å². The summed E-state index contributed by atoms with van der Waals surface area (Å²) < 4.78 is 18.4. The molecule has 0 radical (unpaired) electrons. The van der Waals surface area contributed by atoms with E-state index in [0.717, 1.165) is 12.8 Å². The molecule has 0 saturated carbocycles. The standard InChI is InChI=1S/C23H40O3Si/c1-10-19(2)23(6,26-27(8,9)22(3,4)5)21(25-18-24-7)17-16-20-14-12-11-13-15-20/h10-15,21H,16-18H2,1-9H3/b19-10+/t21-,23?/m0/s1. The van der Waals surface area contributed by atoms with Crippen LogP contribution in [0, 0.1) is 0 Å². The number of allylic oxidation sites excluding steroid dienone is 1. The third kappa shape index (κ3) is 6.56. The molecule has 0 bridgehead atoms. The van der Waals surface area contributed by atoms with Crippen LogP contribution in [0.2, 0.25) is 18.1 Å². The van der Waals surface area contributed by atoms with Gasteiger partial charge < -0.3 is 13.9 Å². The van der Waals surface area contributed by atoms with E-state index in [-0.39, 0.29) is 17.9 Å². The Balaban J connectivity index is 3.17. The first kappa shape index (κ1) is 24.1. The van der Waals surface area contributed by atoms with Crippen molar-refractivity contribution in [1.82, 2.24) is 0 Å². The van der Waals surface area contributed by atoms with Crippen molar-refractivity contribution in [2.24, 2.45) is 0 Å². The molecule has 154 valence electrons. The molecule has 0 amide bonds. The lowest BCUT2D eigenvalue weighted by atomic mass is 9.87. The number of aryl methyl sites for hydroxylation is 1. The van der Waals surface area contributed by atoms with Crippen LogP contribution in [0.5, 0.6) is 0 Å². The molecule has 1 unspecified atom stereocenters. The Hall–Kier alpha value is -0.943. The lowest BCUT2D eigenvalue weighted by molar-refractivity contribution is -0.133. The van der Waals surface area contributed by atoms with Gasteiger partial charge >= 0.3 is 0 Å². The van der Waals surface area contributed by atoms with Crippen molar-refractivity contribution in [3.05, 3.63) is 47.5 Å². The fourth-order valence-corrected chi connectivity index (χ4v) is 4.64. The first-order valence-corrected chi connectivity index (χ1v) is 12.9. The zero-order valence-corrected chi connectivity index (χ0v) is 19.9. The first-order chi connectivity index (χ1) is 12.5. The molecule has 0 fully saturated rings. The fourth-order valence-electron chi connectivity index (χ4n) is 2.98. The lowest BCUT2D eigenvalue weighted by Gasteiger charge is -2.48. The number of hydrogen-bond acceptors (Lipinski definition) is 3. The monoisotopic (exact) mass is 392 g/mol. The van der Waals surface area contributed by atoms with E-state index in [9.17, 15) is 0 Å². The van der Waals surface area contributed by atoms with Gasteiger partial charge in [-0.05, 0) is 62.9 Å². The van der Waals surface area contributed by atoms with Gasteiger partial charge in [-0.2, -0.15) is 0 Å². The molecule has 0 heterocycles. The minimum absolute atomic E-state index is 0.0806. The average Bonchev–Trinajstić information content (AvgIpc) is 2.60. The third-order valence-electron chi connectivity index (χ3n) is 6.03. The summed E-state index contributed by atoms with van der Waals surface area (Å²) in [6, 6.07) is 10.6. The van der Waals surface area contributed by atoms with Gasteiger partial charge in [0.15, 0.2) is 8.32 Å². The van der Waals surface area contributed by atoms with E-state index in [1.54, 1.807) is 7.11 Å². The van der Waals surface area contributed by atoms with Crippen molar-refractivity contribution >= 4 is 8.32 Å². The van der Waals surface area contributed by atoms with Gasteiger partial charge in [-0.3, -0.25) is 0 Å². The van der Waals surface area contributed by atoms with E-state index in [1.165, 1.54) is 11.1 Å². The zero-order valence-electron chi connectivity index (χ0n) is 18.9. The summed E-state index contributed by atoms with van der Waals surface area (Å²) in [4.78, 5) is 0. The maximum atomic E-state index is 6.98. The molecular weight excluding hydrogens is 352 g/mol. The second-order valence-electron chi connectivity index (χ2n) is 9.03. The summed E-state index contributed by atoms with van der Waals surface area (Å²) in [5.74, 6) is 0. The highest BCUT2D eigenvalue weighted by molar-refractivity contribution is 6.74. The molecular formula is C23H40O3Si. The molecule has 1 rings (SSSR count). The van der Waals surface area contributed by atoms with Gasteiger partial charge in [0.2, 0.25) is 0 Å². The number of hydrogen-bond donors (Lipinski definition) is 0. The van der Waals surface area contributed by atoms with Gasteiger partial charge in [0.25, 0.3) is 0 Å². The van der Waals surface area contributed by atoms with Crippen LogP contribution in [0.25, 0.3) is 0 Å². The molecule has 0 spiro atoms. The highest BCUT2D eigenvalue weighted by atomic mass is 28.4. The number of methoxy groups -OCH3 is 1. The minimum atomic E-state index is -1.99. The molecule has 0 aromatic heterocycles. The normalized spacial score (nSPS) is 16.9. The molecule has 27 heavy (non-hydrogen) atoms. The third-order valence-corrected chi connectivity index (χ3v) is 10.6. The van der Waals surface area contributed by atoms with Crippen LogP contribution in [-0.4, -0.2) is 33.9 Å². The van der Waals surface area contributed by atoms with E-state index >= 15 is 0 Å². The summed E-state index contributed by atoms with van der Waals surface area (Å²) in [5, 5.41) is 0.132. The topological polar surface area (TPSA) is 27.7 Å². The number of benzene rings is 1. The van der Waals surface area contributed by atoms with Gasteiger partial charge in [-0.1, -0.05) is 57.2 Å². The Morgan fingerprint density at radius 2 is 1.70 bits per heavy atom. The second kappa shape index (κ2) is 10.0. The molecule has 0 aliphatic rings. The maximum absolute atomic E-state index is 6.98. The minimum Gasteiger partial charge on any atom is -0.405 e. The Bertz CT molecular complexity index is 589. The summed E-state index contributed by atoms with van der Waals surface area (Å²) in [5.41, 5.74) is 2.04.